The second-order valence-corrected chi connectivity index (χ2v) is 13.9. The third-order valence-corrected chi connectivity index (χ3v) is 10.9. The first-order valence-electron chi connectivity index (χ1n) is 18.1. The van der Waals surface area contributed by atoms with Crippen LogP contribution >= 0.6 is 0 Å². The lowest BCUT2D eigenvalue weighted by Gasteiger charge is -2.14. The maximum atomic E-state index is 9.69. The van der Waals surface area contributed by atoms with E-state index in [1.807, 2.05) is 54.9 Å². The average Bonchev–Trinajstić information content (AvgIpc) is 3.89. The third kappa shape index (κ3) is 4.50. The summed E-state index contributed by atoms with van der Waals surface area (Å²) in [6.45, 7) is 8.12. The van der Waals surface area contributed by atoms with Crippen molar-refractivity contribution in [1.82, 2.24) is 18.7 Å². The van der Waals surface area contributed by atoms with Gasteiger partial charge in [-0.15, -0.1) is 0 Å². The van der Waals surface area contributed by atoms with Gasteiger partial charge in [-0.2, -0.15) is 5.26 Å². The SMILES string of the molecule is [C-]#[N+]c1cc(-c2cccc(-n3c4cnccc4c4ccc5c6ccccc6n(-c6ccccc6)c5c43)c2)cc(-n2c3ccccc3c3cc(C#N)ccc32)c1. The number of nitriles is 1. The predicted molar refractivity (Wildman–Crippen MR) is 224 cm³/mol. The zero-order valence-corrected chi connectivity index (χ0v) is 29.3. The minimum Gasteiger partial charge on any atom is -0.310 e. The van der Waals surface area contributed by atoms with E-state index in [2.05, 4.69) is 145 Å². The van der Waals surface area contributed by atoms with E-state index >= 15 is 0 Å². The fourth-order valence-electron chi connectivity index (χ4n) is 8.61. The van der Waals surface area contributed by atoms with Gasteiger partial charge >= 0.3 is 0 Å². The summed E-state index contributed by atoms with van der Waals surface area (Å²) >= 11 is 0. The molecule has 0 unspecified atom stereocenters. The molecule has 254 valence electrons. The maximum absolute atomic E-state index is 9.69. The van der Waals surface area contributed by atoms with Crippen LogP contribution in [-0.2, 0) is 0 Å². The van der Waals surface area contributed by atoms with Gasteiger partial charge in [-0.05, 0) is 90.0 Å². The summed E-state index contributed by atoms with van der Waals surface area (Å²) in [5.74, 6) is 0. The summed E-state index contributed by atoms with van der Waals surface area (Å²) in [6, 6.07) is 56.8. The standard InChI is InChI=1S/C49H28N6/c1-51-34-25-33(27-37(28-34)53-44-16-7-6-15-39(44)43-24-31(29-50)18-21-46(43)53)32-10-9-13-36(26-32)55-47-30-52-23-22-40(47)42-20-19-41-38-14-5-8-17-45(38)54(48(41)49(42)55)35-11-3-2-4-12-35/h2-28,30H. The van der Waals surface area contributed by atoms with Crippen LogP contribution in [0.15, 0.2) is 170 Å². The van der Waals surface area contributed by atoms with Gasteiger partial charge in [-0.25, -0.2) is 4.85 Å². The lowest BCUT2D eigenvalue weighted by Crippen LogP contribution is -1.99. The first-order chi connectivity index (χ1) is 27.2. The molecule has 6 heteroatoms. The molecule has 0 atom stereocenters. The Hall–Kier alpha value is -7.93. The molecule has 0 radical (unpaired) electrons. The average molecular weight is 701 g/mol. The normalized spacial score (nSPS) is 11.6. The molecule has 0 saturated heterocycles. The fraction of sp³-hybridized carbons (Fsp3) is 0. The molecule has 0 aliphatic heterocycles. The molecule has 4 aromatic heterocycles. The number of aromatic nitrogens is 4. The van der Waals surface area contributed by atoms with Gasteiger partial charge in [0.2, 0.25) is 0 Å². The maximum Gasteiger partial charge on any atom is 0.189 e. The molecule has 0 aliphatic rings. The Bertz CT molecular complexity index is 3460. The second-order valence-electron chi connectivity index (χ2n) is 13.9. The molecule has 11 rings (SSSR count). The summed E-state index contributed by atoms with van der Waals surface area (Å²) in [4.78, 5) is 8.56. The van der Waals surface area contributed by atoms with Gasteiger partial charge < -0.3 is 13.7 Å². The first-order valence-corrected chi connectivity index (χ1v) is 18.1. The molecule has 0 bridgehead atoms. The van der Waals surface area contributed by atoms with Crippen LogP contribution in [0.5, 0.6) is 0 Å². The summed E-state index contributed by atoms with van der Waals surface area (Å²) in [6.07, 6.45) is 3.83. The van der Waals surface area contributed by atoms with E-state index in [9.17, 15) is 5.26 Å². The van der Waals surface area contributed by atoms with Crippen molar-refractivity contribution in [2.24, 2.45) is 0 Å². The van der Waals surface area contributed by atoms with E-state index in [0.717, 1.165) is 82.8 Å². The lowest BCUT2D eigenvalue weighted by atomic mass is 10.0. The van der Waals surface area contributed by atoms with Crippen molar-refractivity contribution in [2.45, 2.75) is 0 Å². The largest absolute Gasteiger partial charge is 0.310 e. The van der Waals surface area contributed by atoms with Gasteiger partial charge in [-0.3, -0.25) is 4.98 Å². The number of hydrogen-bond donors (Lipinski definition) is 0. The van der Waals surface area contributed by atoms with Crippen LogP contribution in [0.4, 0.5) is 5.69 Å². The number of rotatable bonds is 4. The van der Waals surface area contributed by atoms with Gasteiger partial charge in [0.25, 0.3) is 0 Å². The van der Waals surface area contributed by atoms with Crippen molar-refractivity contribution in [3.8, 4) is 34.3 Å². The molecule has 6 nitrogen and oxygen atoms in total. The highest BCUT2D eigenvalue weighted by Crippen LogP contribution is 2.42. The molecule has 0 fully saturated rings. The smallest absolute Gasteiger partial charge is 0.189 e. The Balaban J connectivity index is 1.18. The molecule has 7 aromatic carbocycles. The van der Waals surface area contributed by atoms with Crippen LogP contribution in [0.3, 0.4) is 0 Å². The van der Waals surface area contributed by atoms with Crippen LogP contribution in [0.25, 0.3) is 98.5 Å². The summed E-state index contributed by atoms with van der Waals surface area (Å²) in [5, 5.41) is 16.4. The van der Waals surface area contributed by atoms with Crippen molar-refractivity contribution in [3.05, 3.63) is 187 Å². The molecular weight excluding hydrogens is 673 g/mol. The molecule has 0 spiro atoms. The van der Waals surface area contributed by atoms with Crippen LogP contribution in [-0.4, -0.2) is 18.7 Å². The van der Waals surface area contributed by atoms with Crippen LogP contribution in [0.1, 0.15) is 5.56 Å². The topological polar surface area (TPSA) is 55.8 Å². The minimum absolute atomic E-state index is 0.549. The Morgan fingerprint density at radius 3 is 1.87 bits per heavy atom. The summed E-state index contributed by atoms with van der Waals surface area (Å²) < 4.78 is 6.93. The Morgan fingerprint density at radius 1 is 0.473 bits per heavy atom. The molecular formula is C49H28N6. The number of pyridine rings is 1. The molecule has 0 saturated carbocycles. The summed E-state index contributed by atoms with van der Waals surface area (Å²) in [7, 11) is 0. The zero-order valence-electron chi connectivity index (χ0n) is 29.3. The number of fused-ring (bicyclic) bond motifs is 10. The Kier molecular flexibility index (Phi) is 6.58. The molecule has 0 aliphatic carbocycles. The fourth-order valence-corrected chi connectivity index (χ4v) is 8.61. The van der Waals surface area contributed by atoms with Gasteiger partial charge in [0, 0.05) is 55.6 Å². The van der Waals surface area contributed by atoms with Crippen LogP contribution in [0.2, 0.25) is 0 Å². The van der Waals surface area contributed by atoms with E-state index in [0.29, 0.717) is 11.3 Å². The third-order valence-electron chi connectivity index (χ3n) is 10.9. The van der Waals surface area contributed by atoms with E-state index in [-0.39, 0.29) is 0 Å². The lowest BCUT2D eigenvalue weighted by molar-refractivity contribution is 1.14. The second kappa shape index (κ2) is 11.8. The first kappa shape index (κ1) is 30.7. The van der Waals surface area contributed by atoms with E-state index in [1.54, 1.807) is 0 Å². The van der Waals surface area contributed by atoms with E-state index < -0.39 is 0 Å². The van der Waals surface area contributed by atoms with Crippen LogP contribution in [0, 0.1) is 17.9 Å². The highest BCUT2D eigenvalue weighted by Gasteiger charge is 2.22. The molecule has 55 heavy (non-hydrogen) atoms. The highest BCUT2D eigenvalue weighted by atomic mass is 15.0. The van der Waals surface area contributed by atoms with Crippen LogP contribution < -0.4 is 0 Å². The van der Waals surface area contributed by atoms with Crippen molar-refractivity contribution < 1.29 is 0 Å². The predicted octanol–water partition coefficient (Wildman–Crippen LogP) is 12.5. The Morgan fingerprint density at radius 2 is 1.11 bits per heavy atom. The van der Waals surface area contributed by atoms with Crippen molar-refractivity contribution >= 4 is 71.1 Å². The van der Waals surface area contributed by atoms with Gasteiger partial charge in [0.15, 0.2) is 5.69 Å². The zero-order chi connectivity index (χ0) is 36.6. The van der Waals surface area contributed by atoms with Gasteiger partial charge in [0.05, 0.1) is 57.5 Å². The number of benzene rings is 7. The monoisotopic (exact) mass is 700 g/mol. The summed E-state index contributed by atoms with van der Waals surface area (Å²) in [5.41, 5.74) is 12.5. The van der Waals surface area contributed by atoms with Crippen molar-refractivity contribution in [2.75, 3.05) is 0 Å². The quantitative estimate of drug-likeness (QED) is 0.172. The molecule has 11 aromatic rings. The molecule has 4 heterocycles. The highest BCUT2D eigenvalue weighted by molar-refractivity contribution is 6.23. The van der Waals surface area contributed by atoms with Gasteiger partial charge in [0.1, 0.15) is 0 Å². The molecule has 0 N–H and O–H groups in total. The number of para-hydroxylation sites is 3. The van der Waals surface area contributed by atoms with Crippen molar-refractivity contribution in [1.29, 1.82) is 5.26 Å². The Labute approximate surface area is 315 Å². The number of nitrogens with zero attached hydrogens (tertiary/aromatic N) is 6. The van der Waals surface area contributed by atoms with Crippen molar-refractivity contribution in [3.63, 3.8) is 0 Å². The molecule has 0 amide bonds. The van der Waals surface area contributed by atoms with E-state index in [1.165, 1.54) is 10.8 Å². The number of hydrogen-bond acceptors (Lipinski definition) is 2. The minimum atomic E-state index is 0.549. The van der Waals surface area contributed by atoms with E-state index in [4.69, 9.17) is 6.57 Å². The van der Waals surface area contributed by atoms with Gasteiger partial charge in [-0.1, -0.05) is 78.9 Å².